The second-order valence-corrected chi connectivity index (χ2v) is 14.3. The minimum Gasteiger partial charge on any atom is -0.481 e. The first-order chi connectivity index (χ1) is 11.1. The van der Waals surface area contributed by atoms with Gasteiger partial charge in [-0.15, -0.1) is 5.54 Å². The normalized spacial score (nSPS) is 13.3. The molecule has 0 spiro atoms. The number of hydrogen-bond donors (Lipinski definition) is 1. The van der Waals surface area contributed by atoms with Crippen molar-refractivity contribution in [2.75, 3.05) is 0 Å². The Balaban J connectivity index is 3.32. The molecular weight excluding hydrogens is 358 g/mol. The highest BCUT2D eigenvalue weighted by Crippen LogP contribution is 2.41. The van der Waals surface area contributed by atoms with Crippen molar-refractivity contribution in [3.05, 3.63) is 15.0 Å². The molecule has 1 heterocycles. The van der Waals surface area contributed by atoms with Crippen molar-refractivity contribution >= 4 is 37.0 Å². The molecule has 0 saturated heterocycles. The summed E-state index contributed by atoms with van der Waals surface area (Å²) >= 11 is 7.53. The van der Waals surface area contributed by atoms with Crippen LogP contribution >= 0.6 is 22.9 Å². The second kappa shape index (κ2) is 8.51. The molecule has 1 rings (SSSR count). The molecule has 0 aliphatic heterocycles. The smallest absolute Gasteiger partial charge is 0.312 e. The van der Waals surface area contributed by atoms with E-state index in [2.05, 4.69) is 58.0 Å². The second-order valence-electron chi connectivity index (χ2n) is 7.12. The SMILES string of the molecule is CCC(C(=O)O)c1nc(C#C[Si](C(C)C)(C(C)C)C(C)C)sc1Cl. The van der Waals surface area contributed by atoms with E-state index in [1.807, 2.05) is 6.92 Å². The first-order valence-electron chi connectivity index (χ1n) is 8.50. The van der Waals surface area contributed by atoms with Crippen LogP contribution in [0.1, 0.15) is 71.5 Å². The molecule has 0 saturated carbocycles. The number of nitrogens with zero attached hydrogens (tertiary/aromatic N) is 1. The van der Waals surface area contributed by atoms with Crippen LogP contribution < -0.4 is 0 Å². The van der Waals surface area contributed by atoms with E-state index in [4.69, 9.17) is 11.6 Å². The highest BCUT2D eigenvalue weighted by molar-refractivity contribution is 7.16. The Morgan fingerprint density at radius 2 is 1.71 bits per heavy atom. The molecule has 24 heavy (non-hydrogen) atoms. The maximum atomic E-state index is 11.4. The standard InChI is InChI=1S/C18H28ClNO2SSi/c1-8-14(18(21)22)16-17(19)23-15(20-16)9-10-24(11(2)3,12(4)5)13(6)7/h11-14H,8H2,1-7H3,(H,21,22). The van der Waals surface area contributed by atoms with E-state index in [1.165, 1.54) is 11.3 Å². The summed E-state index contributed by atoms with van der Waals surface area (Å²) in [4.78, 5) is 15.8. The molecule has 1 N–H and O–H groups in total. The number of thiazole rings is 1. The van der Waals surface area contributed by atoms with Gasteiger partial charge in [-0.05, 0) is 29.0 Å². The number of hydrogen-bond acceptors (Lipinski definition) is 3. The average molecular weight is 386 g/mol. The van der Waals surface area contributed by atoms with Gasteiger partial charge in [-0.3, -0.25) is 4.79 Å². The molecule has 0 bridgehead atoms. The Labute approximate surface area is 155 Å². The van der Waals surface area contributed by atoms with Gasteiger partial charge < -0.3 is 5.11 Å². The number of carboxylic acid groups (broad SMARTS) is 1. The third-order valence-corrected chi connectivity index (χ3v) is 12.4. The monoisotopic (exact) mass is 385 g/mol. The number of carbonyl (C=O) groups is 1. The van der Waals surface area contributed by atoms with Crippen molar-refractivity contribution in [2.24, 2.45) is 0 Å². The lowest BCUT2D eigenvalue weighted by Crippen LogP contribution is -2.43. The molecule has 6 heteroatoms. The highest BCUT2D eigenvalue weighted by atomic mass is 35.5. The quantitative estimate of drug-likeness (QED) is 0.486. The number of rotatable bonds is 6. The molecule has 1 aromatic rings. The van der Waals surface area contributed by atoms with Gasteiger partial charge in [-0.1, -0.05) is 71.4 Å². The van der Waals surface area contributed by atoms with Gasteiger partial charge in [-0.25, -0.2) is 4.98 Å². The fourth-order valence-corrected chi connectivity index (χ4v) is 10.1. The molecule has 0 radical (unpaired) electrons. The number of aliphatic carboxylic acids is 1. The predicted octanol–water partition coefficient (Wildman–Crippen LogP) is 5.94. The molecule has 1 aromatic heterocycles. The molecule has 0 amide bonds. The summed E-state index contributed by atoms with van der Waals surface area (Å²) in [5, 5.41) is 9.95. The van der Waals surface area contributed by atoms with E-state index in [-0.39, 0.29) is 0 Å². The number of halogens is 1. The molecule has 3 nitrogen and oxygen atoms in total. The van der Waals surface area contributed by atoms with Crippen LogP contribution in [0.5, 0.6) is 0 Å². The van der Waals surface area contributed by atoms with Crippen LogP contribution in [0.2, 0.25) is 21.0 Å². The third-order valence-electron chi connectivity index (χ3n) is 4.90. The lowest BCUT2D eigenvalue weighted by Gasteiger charge is -2.37. The topological polar surface area (TPSA) is 50.2 Å². The molecular formula is C18H28ClNO2SSi. The van der Waals surface area contributed by atoms with E-state index < -0.39 is 20.0 Å². The minimum absolute atomic E-state index is 0.444. The van der Waals surface area contributed by atoms with E-state index in [0.717, 1.165) is 0 Å². The minimum atomic E-state index is -1.83. The zero-order valence-corrected chi connectivity index (χ0v) is 18.2. The van der Waals surface area contributed by atoms with Crippen molar-refractivity contribution in [3.8, 4) is 11.5 Å². The third kappa shape index (κ3) is 4.22. The van der Waals surface area contributed by atoms with Crippen molar-refractivity contribution in [1.29, 1.82) is 0 Å². The van der Waals surface area contributed by atoms with Gasteiger partial charge in [0.2, 0.25) is 0 Å². The largest absolute Gasteiger partial charge is 0.481 e. The van der Waals surface area contributed by atoms with Gasteiger partial charge in [0.15, 0.2) is 5.01 Å². The average Bonchev–Trinajstić information content (AvgIpc) is 2.80. The van der Waals surface area contributed by atoms with Crippen LogP contribution in [0.4, 0.5) is 0 Å². The molecule has 1 unspecified atom stereocenters. The lowest BCUT2D eigenvalue weighted by molar-refractivity contribution is -0.138. The van der Waals surface area contributed by atoms with Crippen LogP contribution in [0.3, 0.4) is 0 Å². The van der Waals surface area contributed by atoms with E-state index in [0.29, 0.717) is 38.1 Å². The van der Waals surface area contributed by atoms with Crippen molar-refractivity contribution in [2.45, 2.75) is 77.4 Å². The molecule has 134 valence electrons. The summed E-state index contributed by atoms with van der Waals surface area (Å²) in [7, 11) is -1.83. The number of carboxylic acids is 1. The Morgan fingerprint density at radius 1 is 1.21 bits per heavy atom. The molecule has 1 atom stereocenters. The Morgan fingerprint density at radius 3 is 2.08 bits per heavy atom. The Bertz CT molecular complexity index is 621. The molecule has 0 fully saturated rings. The van der Waals surface area contributed by atoms with Gasteiger partial charge in [0, 0.05) is 0 Å². The fourth-order valence-electron chi connectivity index (χ4n) is 3.66. The Hall–Kier alpha value is -0.833. The molecule has 0 aliphatic rings. The van der Waals surface area contributed by atoms with Crippen LogP contribution in [-0.4, -0.2) is 24.1 Å². The summed E-state index contributed by atoms with van der Waals surface area (Å²) < 4.78 is 0.444. The van der Waals surface area contributed by atoms with E-state index in [1.54, 1.807) is 0 Å². The van der Waals surface area contributed by atoms with Gasteiger partial charge >= 0.3 is 5.97 Å². The first kappa shape index (κ1) is 21.2. The van der Waals surface area contributed by atoms with Crippen molar-refractivity contribution < 1.29 is 9.90 Å². The van der Waals surface area contributed by atoms with Crippen molar-refractivity contribution in [3.63, 3.8) is 0 Å². The van der Waals surface area contributed by atoms with Crippen molar-refractivity contribution in [1.82, 2.24) is 4.98 Å². The maximum Gasteiger partial charge on any atom is 0.312 e. The summed E-state index contributed by atoms with van der Waals surface area (Å²) in [6.45, 7) is 15.4. The molecule has 0 aromatic carbocycles. The zero-order chi connectivity index (χ0) is 18.7. The zero-order valence-electron chi connectivity index (χ0n) is 15.6. The van der Waals surface area contributed by atoms with Crippen LogP contribution in [-0.2, 0) is 4.79 Å². The summed E-state index contributed by atoms with van der Waals surface area (Å²) in [5.74, 6) is 1.70. The van der Waals surface area contributed by atoms with Crippen LogP contribution in [0, 0.1) is 11.5 Å². The highest BCUT2D eigenvalue weighted by Gasteiger charge is 2.41. The van der Waals surface area contributed by atoms with Crippen LogP contribution in [0.15, 0.2) is 0 Å². The Kier molecular flexibility index (Phi) is 7.52. The van der Waals surface area contributed by atoms with Gasteiger partial charge in [-0.2, -0.15) is 0 Å². The van der Waals surface area contributed by atoms with Gasteiger partial charge in [0.05, 0.1) is 5.69 Å². The van der Waals surface area contributed by atoms with Crippen LogP contribution in [0.25, 0.3) is 0 Å². The molecule has 0 aliphatic carbocycles. The van der Waals surface area contributed by atoms with Gasteiger partial charge in [0.1, 0.15) is 18.3 Å². The number of aromatic nitrogens is 1. The summed E-state index contributed by atoms with van der Waals surface area (Å²) in [6.07, 6.45) is 0.467. The van der Waals surface area contributed by atoms with Gasteiger partial charge in [0.25, 0.3) is 0 Å². The maximum absolute atomic E-state index is 11.4. The lowest BCUT2D eigenvalue weighted by atomic mass is 10.0. The fraction of sp³-hybridized carbons (Fsp3) is 0.667. The van der Waals surface area contributed by atoms with E-state index in [9.17, 15) is 9.90 Å². The predicted molar refractivity (Wildman–Crippen MR) is 106 cm³/mol. The summed E-state index contributed by atoms with van der Waals surface area (Å²) in [6, 6.07) is 0. The summed E-state index contributed by atoms with van der Waals surface area (Å²) in [5.41, 5.74) is 5.69. The van der Waals surface area contributed by atoms with E-state index >= 15 is 0 Å². The first-order valence-corrected chi connectivity index (χ1v) is 11.9.